The molecule has 0 unspecified atom stereocenters. The Kier molecular flexibility index (Phi) is 13.9. The van der Waals surface area contributed by atoms with E-state index in [-0.39, 0.29) is 0 Å². The molecule has 0 fully saturated rings. The van der Waals surface area contributed by atoms with Gasteiger partial charge in [-0.25, -0.2) is 9.97 Å². The van der Waals surface area contributed by atoms with Crippen LogP contribution in [-0.2, 0) is 0 Å². The summed E-state index contributed by atoms with van der Waals surface area (Å²) in [7, 11) is 0. The predicted molar refractivity (Wildman–Crippen MR) is 328 cm³/mol. The zero-order chi connectivity index (χ0) is 52.6. The first-order valence-electron chi connectivity index (χ1n) is 26.4. The summed E-state index contributed by atoms with van der Waals surface area (Å²) in [6.07, 6.45) is 2.15. The molecule has 0 radical (unpaired) electrons. The number of aromatic nitrogens is 2. The molecule has 0 saturated carbocycles. The van der Waals surface area contributed by atoms with E-state index in [0.717, 1.165) is 118 Å². The molecule has 12 rings (SSSR count). The number of hydrogen-bond acceptors (Lipinski definition) is 6. The average Bonchev–Trinajstić information content (AvgIpc) is 3.56. The maximum absolute atomic E-state index is 5.68. The highest BCUT2D eigenvalue weighted by molar-refractivity contribution is 5.99. The van der Waals surface area contributed by atoms with Gasteiger partial charge in [0.1, 0.15) is 0 Å². The molecule has 1 aromatic heterocycles. The van der Waals surface area contributed by atoms with Gasteiger partial charge in [-0.2, -0.15) is 0 Å². The molecular formula is C72H56N6. The summed E-state index contributed by atoms with van der Waals surface area (Å²) in [5, 5.41) is 3.53. The Bertz CT molecular complexity index is 3960. The van der Waals surface area contributed by atoms with Crippen LogP contribution < -0.4 is 20.0 Å². The van der Waals surface area contributed by atoms with Crippen LogP contribution in [-0.4, -0.2) is 9.97 Å². The van der Waals surface area contributed by atoms with Crippen molar-refractivity contribution in [1.82, 2.24) is 9.97 Å². The molecule has 0 saturated heterocycles. The lowest BCUT2D eigenvalue weighted by molar-refractivity contribution is 1.14. The number of hydrogen-bond donors (Lipinski definition) is 1. The number of nitrogens with one attached hydrogen (secondary N) is 1. The van der Waals surface area contributed by atoms with Gasteiger partial charge in [0, 0.05) is 79.3 Å². The van der Waals surface area contributed by atoms with Gasteiger partial charge in [0.2, 0.25) is 0 Å². The van der Waals surface area contributed by atoms with E-state index in [9.17, 15) is 0 Å². The van der Waals surface area contributed by atoms with Gasteiger partial charge < -0.3 is 20.0 Å². The van der Waals surface area contributed by atoms with Crippen molar-refractivity contribution in [2.75, 3.05) is 20.0 Å². The van der Waals surface area contributed by atoms with Crippen molar-refractivity contribution in [3.63, 3.8) is 0 Å². The Labute approximate surface area is 457 Å². The Morgan fingerprint density at radius 2 is 0.692 bits per heavy atom. The zero-order valence-electron chi connectivity index (χ0n) is 43.5. The molecule has 0 amide bonds. The van der Waals surface area contributed by atoms with E-state index in [1.165, 1.54) is 0 Å². The number of rotatable bonds is 15. The molecule has 78 heavy (non-hydrogen) atoms. The minimum atomic E-state index is 0.795. The number of allylic oxidation sites excluding steroid dienone is 2. The SMILES string of the molecule is C/C=C(\C)N(c1ccccc1)c1ccc(N(c2ccccc2)c2ccc(-c3nc4cccc(-c5ccccc5-c5ccccc5)c4nc3-c3ccc(N(c4ccccc4)c4ccc(Nc5ccccc5)cc4)cc3)cc2)cc1. The number of benzene rings is 11. The van der Waals surface area contributed by atoms with Gasteiger partial charge in [0.15, 0.2) is 0 Å². The van der Waals surface area contributed by atoms with Gasteiger partial charge in [-0.3, -0.25) is 0 Å². The molecule has 1 N–H and O–H groups in total. The number of anilines is 10. The molecular weight excluding hydrogens is 949 g/mol. The monoisotopic (exact) mass is 1000 g/mol. The van der Waals surface area contributed by atoms with E-state index < -0.39 is 0 Å². The molecule has 0 aliphatic rings. The average molecular weight is 1010 g/mol. The van der Waals surface area contributed by atoms with Crippen LogP contribution in [0, 0.1) is 0 Å². The van der Waals surface area contributed by atoms with E-state index in [4.69, 9.17) is 9.97 Å². The quantitative estimate of drug-likeness (QED) is 0.110. The molecule has 0 aliphatic heterocycles. The van der Waals surface area contributed by atoms with Crippen molar-refractivity contribution in [3.8, 4) is 44.8 Å². The summed E-state index contributed by atoms with van der Waals surface area (Å²) in [5.74, 6) is 0. The van der Waals surface area contributed by atoms with E-state index in [2.05, 4.69) is 313 Å². The summed E-state index contributed by atoms with van der Waals surface area (Å²) in [5.41, 5.74) is 21.2. The molecule has 0 bridgehead atoms. The van der Waals surface area contributed by atoms with Gasteiger partial charge in [-0.15, -0.1) is 0 Å². The number of nitrogens with zero attached hydrogens (tertiary/aromatic N) is 5. The first kappa shape index (κ1) is 48.6. The smallest absolute Gasteiger partial charge is 0.0973 e. The maximum Gasteiger partial charge on any atom is 0.0973 e. The van der Waals surface area contributed by atoms with Crippen LogP contribution in [0.2, 0.25) is 0 Å². The van der Waals surface area contributed by atoms with Gasteiger partial charge in [-0.05, 0) is 158 Å². The van der Waals surface area contributed by atoms with E-state index >= 15 is 0 Å². The zero-order valence-corrected chi connectivity index (χ0v) is 43.5. The normalized spacial score (nSPS) is 11.3. The van der Waals surface area contributed by atoms with E-state index in [0.29, 0.717) is 0 Å². The Morgan fingerprint density at radius 3 is 1.22 bits per heavy atom. The minimum absolute atomic E-state index is 0.795. The summed E-state index contributed by atoms with van der Waals surface area (Å²) >= 11 is 0. The van der Waals surface area contributed by atoms with E-state index in [1.54, 1.807) is 0 Å². The van der Waals surface area contributed by atoms with Crippen molar-refractivity contribution in [1.29, 1.82) is 0 Å². The minimum Gasteiger partial charge on any atom is -0.356 e. The highest BCUT2D eigenvalue weighted by atomic mass is 15.2. The molecule has 12 aromatic rings. The van der Waals surface area contributed by atoms with E-state index in [1.807, 2.05) is 18.2 Å². The second kappa shape index (κ2) is 22.3. The highest BCUT2D eigenvalue weighted by Crippen LogP contribution is 2.43. The van der Waals surface area contributed by atoms with Crippen LogP contribution in [0.4, 0.5) is 56.9 Å². The molecule has 0 spiro atoms. The standard InChI is InChI=1S/C72H56N6/c1-3-52(2)76(58-26-13-6-14-27-58)61-48-50-65(51-49-61)78(60-30-17-8-18-31-60)63-42-36-54(37-43-63)70-71(75-72-68(34-21-35-69(72)74-70)67-33-20-19-32-66(67)53-22-9-4-10-23-53)55-38-44-62(45-39-55)77(59-28-15-7-16-29-59)64-46-40-57(41-47-64)73-56-24-11-5-12-25-56/h3-51,73H,1-2H3/b52-3+. The first-order valence-corrected chi connectivity index (χ1v) is 26.4. The highest BCUT2D eigenvalue weighted by Gasteiger charge is 2.21. The molecule has 0 atom stereocenters. The predicted octanol–water partition coefficient (Wildman–Crippen LogP) is 20.0. The molecule has 11 aromatic carbocycles. The van der Waals surface area contributed by atoms with Crippen LogP contribution in [0.15, 0.2) is 303 Å². The van der Waals surface area contributed by atoms with Crippen molar-refractivity contribution in [3.05, 3.63) is 303 Å². The van der Waals surface area contributed by atoms with Gasteiger partial charge in [0.25, 0.3) is 0 Å². The molecule has 0 aliphatic carbocycles. The lowest BCUT2D eigenvalue weighted by Crippen LogP contribution is -2.15. The first-order chi connectivity index (χ1) is 38.6. The third-order valence-corrected chi connectivity index (χ3v) is 14.2. The Balaban J connectivity index is 0.956. The summed E-state index contributed by atoms with van der Waals surface area (Å²) in [6.45, 7) is 4.23. The van der Waals surface area contributed by atoms with Crippen LogP contribution >= 0.6 is 0 Å². The Morgan fingerprint density at radius 1 is 0.321 bits per heavy atom. The molecule has 1 heterocycles. The fourth-order valence-corrected chi connectivity index (χ4v) is 10.3. The van der Waals surface area contributed by atoms with Crippen LogP contribution in [0.3, 0.4) is 0 Å². The summed E-state index contributed by atoms with van der Waals surface area (Å²) in [4.78, 5) is 18.1. The fraction of sp³-hybridized carbons (Fsp3) is 0.0278. The van der Waals surface area contributed by atoms with Gasteiger partial charge in [-0.1, -0.05) is 170 Å². The van der Waals surface area contributed by atoms with Crippen molar-refractivity contribution < 1.29 is 0 Å². The lowest BCUT2D eigenvalue weighted by Gasteiger charge is -2.28. The second-order valence-corrected chi connectivity index (χ2v) is 19.1. The third kappa shape index (κ3) is 10.1. The lowest BCUT2D eigenvalue weighted by atomic mass is 9.93. The number of para-hydroxylation sites is 5. The summed E-state index contributed by atoms with van der Waals surface area (Å²) < 4.78 is 0. The second-order valence-electron chi connectivity index (χ2n) is 19.1. The van der Waals surface area contributed by atoms with Gasteiger partial charge in [0.05, 0.1) is 22.4 Å². The van der Waals surface area contributed by atoms with Gasteiger partial charge >= 0.3 is 0 Å². The van der Waals surface area contributed by atoms with Crippen LogP contribution in [0.1, 0.15) is 13.8 Å². The fourth-order valence-electron chi connectivity index (χ4n) is 10.3. The third-order valence-electron chi connectivity index (χ3n) is 14.2. The molecule has 374 valence electrons. The Hall–Kier alpha value is -10.3. The van der Waals surface area contributed by atoms with Crippen molar-refractivity contribution >= 4 is 67.9 Å². The topological polar surface area (TPSA) is 47.5 Å². The maximum atomic E-state index is 5.68. The molecule has 6 heteroatoms. The summed E-state index contributed by atoms with van der Waals surface area (Å²) in [6, 6.07) is 102. The largest absolute Gasteiger partial charge is 0.356 e. The number of fused-ring (bicyclic) bond motifs is 1. The van der Waals surface area contributed by atoms with Crippen molar-refractivity contribution in [2.45, 2.75) is 13.8 Å². The van der Waals surface area contributed by atoms with Crippen LogP contribution in [0.25, 0.3) is 55.8 Å². The van der Waals surface area contributed by atoms with Crippen LogP contribution in [0.5, 0.6) is 0 Å². The van der Waals surface area contributed by atoms with Crippen molar-refractivity contribution in [2.24, 2.45) is 0 Å². The molecule has 6 nitrogen and oxygen atoms in total.